The molecule has 0 unspecified atom stereocenters. The number of amides is 1. The van der Waals surface area contributed by atoms with E-state index in [4.69, 9.17) is 10.3 Å². The number of nitrogens with zero attached hydrogens (tertiary/aromatic N) is 3. The fraction of sp³-hybridized carbons (Fsp3) is 0.333. The third kappa shape index (κ3) is 2.60. The maximum absolute atomic E-state index is 11.7. The van der Waals surface area contributed by atoms with Crippen LogP contribution in [0.5, 0.6) is 0 Å². The Morgan fingerprint density at radius 1 is 1.53 bits per heavy atom. The molecule has 3 rings (SSSR count). The van der Waals surface area contributed by atoms with Gasteiger partial charge in [0, 0.05) is 24.3 Å². The number of aromatic nitrogens is 3. The largest absolute Gasteiger partial charge is 0.346 e. The Morgan fingerprint density at radius 2 is 2.37 bits per heavy atom. The summed E-state index contributed by atoms with van der Waals surface area (Å²) in [6, 6.07) is 3.75. The lowest BCUT2D eigenvalue weighted by Gasteiger charge is -1.97. The van der Waals surface area contributed by atoms with Crippen LogP contribution in [-0.2, 0) is 6.54 Å². The molecule has 19 heavy (non-hydrogen) atoms. The molecule has 0 radical (unpaired) electrons. The second-order valence-corrected chi connectivity index (χ2v) is 4.41. The van der Waals surface area contributed by atoms with Crippen LogP contribution in [0.25, 0.3) is 11.5 Å². The van der Waals surface area contributed by atoms with E-state index in [0.29, 0.717) is 12.1 Å². The summed E-state index contributed by atoms with van der Waals surface area (Å²) in [4.78, 5) is 19.9. The van der Waals surface area contributed by atoms with Crippen molar-refractivity contribution in [3.8, 4) is 11.5 Å². The molecule has 7 nitrogen and oxygen atoms in total. The summed E-state index contributed by atoms with van der Waals surface area (Å²) in [5, 5.41) is 6.48. The predicted molar refractivity (Wildman–Crippen MR) is 65.9 cm³/mol. The van der Waals surface area contributed by atoms with Crippen LogP contribution in [-0.4, -0.2) is 27.1 Å². The minimum Gasteiger partial charge on any atom is -0.346 e. The van der Waals surface area contributed by atoms with Crippen molar-refractivity contribution in [2.24, 2.45) is 5.73 Å². The Balaban J connectivity index is 1.81. The predicted octanol–water partition coefficient (Wildman–Crippen LogP) is 0.482. The second kappa shape index (κ2) is 4.77. The molecule has 7 heteroatoms. The maximum Gasteiger partial charge on any atom is 0.292 e. The molecule has 2 aromatic rings. The molecule has 1 aliphatic carbocycles. The summed E-state index contributed by atoms with van der Waals surface area (Å²) >= 11 is 0. The van der Waals surface area contributed by atoms with Crippen LogP contribution >= 0.6 is 0 Å². The minimum atomic E-state index is -0.300. The van der Waals surface area contributed by atoms with E-state index in [1.54, 1.807) is 18.3 Å². The molecule has 98 valence electrons. The molecule has 2 aromatic heterocycles. The van der Waals surface area contributed by atoms with Crippen LogP contribution in [0.1, 0.15) is 29.2 Å². The van der Waals surface area contributed by atoms with Gasteiger partial charge in [-0.3, -0.25) is 9.78 Å². The lowest BCUT2D eigenvalue weighted by Crippen LogP contribution is -2.26. The van der Waals surface area contributed by atoms with Crippen molar-refractivity contribution in [3.05, 3.63) is 29.8 Å². The molecule has 0 bridgehead atoms. The van der Waals surface area contributed by atoms with E-state index in [0.717, 1.165) is 18.5 Å². The Labute approximate surface area is 109 Å². The molecule has 1 amide bonds. The first-order valence-electron chi connectivity index (χ1n) is 6.06. The van der Waals surface area contributed by atoms with E-state index < -0.39 is 0 Å². The van der Waals surface area contributed by atoms with Gasteiger partial charge in [0.25, 0.3) is 17.6 Å². The first kappa shape index (κ1) is 11.8. The van der Waals surface area contributed by atoms with Crippen molar-refractivity contribution >= 4 is 5.91 Å². The van der Waals surface area contributed by atoms with Crippen LogP contribution in [0.15, 0.2) is 22.9 Å². The zero-order valence-electron chi connectivity index (χ0n) is 10.2. The van der Waals surface area contributed by atoms with Crippen molar-refractivity contribution in [3.63, 3.8) is 0 Å². The van der Waals surface area contributed by atoms with Crippen LogP contribution in [0, 0.1) is 0 Å². The lowest BCUT2D eigenvalue weighted by atomic mass is 10.2. The van der Waals surface area contributed by atoms with Gasteiger partial charge < -0.3 is 15.6 Å². The van der Waals surface area contributed by atoms with Gasteiger partial charge >= 0.3 is 0 Å². The van der Waals surface area contributed by atoms with Crippen molar-refractivity contribution in [2.75, 3.05) is 0 Å². The van der Waals surface area contributed by atoms with Crippen molar-refractivity contribution in [1.82, 2.24) is 20.4 Å². The fourth-order valence-corrected chi connectivity index (χ4v) is 1.63. The number of hydrogen-bond acceptors (Lipinski definition) is 6. The highest BCUT2D eigenvalue weighted by molar-refractivity contribution is 5.91. The molecule has 2 heterocycles. The first-order valence-corrected chi connectivity index (χ1v) is 6.06. The summed E-state index contributed by atoms with van der Waals surface area (Å²) in [5.41, 5.74) is 6.94. The second-order valence-electron chi connectivity index (χ2n) is 4.41. The highest BCUT2D eigenvalue weighted by atomic mass is 16.5. The van der Waals surface area contributed by atoms with Crippen molar-refractivity contribution < 1.29 is 9.32 Å². The Kier molecular flexibility index (Phi) is 2.96. The quantitative estimate of drug-likeness (QED) is 0.827. The van der Waals surface area contributed by atoms with E-state index in [9.17, 15) is 4.79 Å². The Bertz CT molecular complexity index is 606. The van der Waals surface area contributed by atoms with Crippen LogP contribution < -0.4 is 11.1 Å². The normalized spacial score (nSPS) is 14.4. The van der Waals surface area contributed by atoms with Gasteiger partial charge in [0.2, 0.25) is 0 Å². The van der Waals surface area contributed by atoms with Gasteiger partial charge in [-0.1, -0.05) is 5.16 Å². The summed E-state index contributed by atoms with van der Waals surface area (Å²) in [7, 11) is 0. The molecule has 3 N–H and O–H groups in total. The van der Waals surface area contributed by atoms with Gasteiger partial charge in [0.15, 0.2) is 0 Å². The summed E-state index contributed by atoms with van der Waals surface area (Å²) in [5.74, 6) is 0.0386. The Hall–Kier alpha value is -2.28. The van der Waals surface area contributed by atoms with Gasteiger partial charge in [0.05, 0.1) is 5.69 Å². The Morgan fingerprint density at radius 3 is 3.11 bits per heavy atom. The first-order chi connectivity index (χ1) is 9.26. The van der Waals surface area contributed by atoms with E-state index in [-0.39, 0.29) is 23.7 Å². The molecular formula is C12H13N5O2. The monoisotopic (exact) mass is 259 g/mol. The standard InChI is InChI=1S/C12H13N5O2/c13-6-9-5-7(3-4-14-9)12-16-10(17-19-12)11(18)15-8-1-2-8/h3-5,8H,1-2,6,13H2,(H,15,18). The molecular weight excluding hydrogens is 246 g/mol. The molecule has 0 atom stereocenters. The highest BCUT2D eigenvalue weighted by Gasteiger charge is 2.26. The molecule has 1 fully saturated rings. The molecule has 1 saturated carbocycles. The average molecular weight is 259 g/mol. The zero-order valence-corrected chi connectivity index (χ0v) is 10.2. The molecule has 0 aliphatic heterocycles. The van der Waals surface area contributed by atoms with Gasteiger partial charge in [0.1, 0.15) is 0 Å². The van der Waals surface area contributed by atoms with Gasteiger partial charge in [-0.25, -0.2) is 0 Å². The molecule has 0 saturated heterocycles. The molecule has 0 spiro atoms. The number of nitrogens with one attached hydrogen (secondary N) is 1. The molecule has 0 aromatic carbocycles. The van der Waals surface area contributed by atoms with Gasteiger partial charge in [-0.2, -0.15) is 4.98 Å². The van der Waals surface area contributed by atoms with E-state index in [2.05, 4.69) is 20.4 Å². The number of rotatable bonds is 4. The topological polar surface area (TPSA) is 107 Å². The number of hydrogen-bond donors (Lipinski definition) is 2. The van der Waals surface area contributed by atoms with E-state index >= 15 is 0 Å². The third-order valence-corrected chi connectivity index (χ3v) is 2.81. The maximum atomic E-state index is 11.7. The number of nitrogens with two attached hydrogens (primary N) is 1. The van der Waals surface area contributed by atoms with Gasteiger partial charge in [-0.15, -0.1) is 0 Å². The minimum absolute atomic E-state index is 0.0491. The van der Waals surface area contributed by atoms with Crippen LogP contribution in [0.3, 0.4) is 0 Å². The number of carbonyl (C=O) groups is 1. The summed E-state index contributed by atoms with van der Waals surface area (Å²) in [6.45, 7) is 0.330. The third-order valence-electron chi connectivity index (χ3n) is 2.81. The van der Waals surface area contributed by atoms with Crippen molar-refractivity contribution in [1.29, 1.82) is 0 Å². The summed E-state index contributed by atoms with van der Waals surface area (Å²) < 4.78 is 5.08. The van der Waals surface area contributed by atoms with Crippen LogP contribution in [0.2, 0.25) is 0 Å². The molecule has 1 aliphatic rings. The SMILES string of the molecule is NCc1cc(-c2nc(C(=O)NC3CC3)no2)ccn1. The fourth-order valence-electron chi connectivity index (χ4n) is 1.63. The van der Waals surface area contributed by atoms with E-state index in [1.807, 2.05) is 0 Å². The van der Waals surface area contributed by atoms with Crippen LogP contribution in [0.4, 0.5) is 0 Å². The lowest BCUT2D eigenvalue weighted by molar-refractivity contribution is 0.0937. The average Bonchev–Trinajstić information content (AvgIpc) is 3.11. The van der Waals surface area contributed by atoms with E-state index in [1.165, 1.54) is 0 Å². The summed E-state index contributed by atoms with van der Waals surface area (Å²) in [6.07, 6.45) is 3.65. The number of pyridine rings is 1. The highest BCUT2D eigenvalue weighted by Crippen LogP contribution is 2.20. The van der Waals surface area contributed by atoms with Crippen molar-refractivity contribution in [2.45, 2.75) is 25.4 Å². The zero-order chi connectivity index (χ0) is 13.2. The van der Waals surface area contributed by atoms with Gasteiger partial charge in [-0.05, 0) is 25.0 Å². The smallest absolute Gasteiger partial charge is 0.292 e. The number of carbonyl (C=O) groups excluding carboxylic acids is 1.